The maximum atomic E-state index is 9.13. The average Bonchev–Trinajstić information content (AvgIpc) is 2.18. The summed E-state index contributed by atoms with van der Waals surface area (Å²) in [6, 6.07) is 0.336. The molecule has 2 unspecified atom stereocenters. The van der Waals surface area contributed by atoms with Crippen molar-refractivity contribution in [3.05, 3.63) is 0 Å². The van der Waals surface area contributed by atoms with E-state index in [1.807, 2.05) is 13.8 Å². The lowest BCUT2D eigenvalue weighted by Gasteiger charge is -2.35. The van der Waals surface area contributed by atoms with Crippen molar-refractivity contribution in [2.24, 2.45) is 0 Å². The first-order valence-electron chi connectivity index (χ1n) is 5.20. The molecule has 0 aromatic heterocycles. The number of hydrogen-bond acceptors (Lipinski definition) is 4. The summed E-state index contributed by atoms with van der Waals surface area (Å²) >= 11 is 0. The Morgan fingerprint density at radius 1 is 1.43 bits per heavy atom. The van der Waals surface area contributed by atoms with E-state index in [2.05, 4.69) is 5.32 Å². The molecule has 1 rings (SSSR count). The van der Waals surface area contributed by atoms with E-state index in [0.29, 0.717) is 6.04 Å². The Hall–Kier alpha value is -0.160. The van der Waals surface area contributed by atoms with Gasteiger partial charge in [0.2, 0.25) is 0 Å². The Morgan fingerprint density at radius 3 is 2.57 bits per heavy atom. The first kappa shape index (κ1) is 11.9. The summed E-state index contributed by atoms with van der Waals surface area (Å²) < 4.78 is 5.42. The van der Waals surface area contributed by atoms with Gasteiger partial charge in [-0.05, 0) is 26.7 Å². The second kappa shape index (κ2) is 5.07. The fraction of sp³-hybridized carbons (Fsp3) is 1.00. The molecule has 0 saturated carbocycles. The molecular formula is C10H21NO3. The highest BCUT2D eigenvalue weighted by molar-refractivity contribution is 4.87. The zero-order valence-electron chi connectivity index (χ0n) is 8.99. The fourth-order valence-corrected chi connectivity index (χ4v) is 1.76. The summed E-state index contributed by atoms with van der Waals surface area (Å²) in [6.07, 6.45) is 2.15. The van der Waals surface area contributed by atoms with Gasteiger partial charge in [0.15, 0.2) is 0 Å². The molecule has 1 saturated heterocycles. The van der Waals surface area contributed by atoms with Gasteiger partial charge in [-0.15, -0.1) is 0 Å². The SMILES string of the molecule is CC1CC(NC(C)(CO)CO)CCO1. The van der Waals surface area contributed by atoms with Crippen molar-refractivity contribution in [1.82, 2.24) is 5.32 Å². The van der Waals surface area contributed by atoms with Crippen LogP contribution in [0.3, 0.4) is 0 Å². The van der Waals surface area contributed by atoms with Crippen molar-refractivity contribution >= 4 is 0 Å². The molecule has 14 heavy (non-hydrogen) atoms. The number of ether oxygens (including phenoxy) is 1. The fourth-order valence-electron chi connectivity index (χ4n) is 1.76. The van der Waals surface area contributed by atoms with Crippen LogP contribution >= 0.6 is 0 Å². The van der Waals surface area contributed by atoms with Gasteiger partial charge in [0.1, 0.15) is 0 Å². The molecule has 1 fully saturated rings. The number of aliphatic hydroxyl groups is 2. The molecular weight excluding hydrogens is 182 g/mol. The molecule has 0 aromatic carbocycles. The summed E-state index contributed by atoms with van der Waals surface area (Å²) in [5.74, 6) is 0. The van der Waals surface area contributed by atoms with E-state index in [4.69, 9.17) is 14.9 Å². The van der Waals surface area contributed by atoms with Crippen molar-refractivity contribution in [2.45, 2.75) is 44.4 Å². The average molecular weight is 203 g/mol. The van der Waals surface area contributed by atoms with Gasteiger partial charge in [0.25, 0.3) is 0 Å². The van der Waals surface area contributed by atoms with E-state index >= 15 is 0 Å². The summed E-state index contributed by atoms with van der Waals surface area (Å²) in [5.41, 5.74) is -0.568. The van der Waals surface area contributed by atoms with E-state index in [1.54, 1.807) is 0 Å². The zero-order valence-corrected chi connectivity index (χ0v) is 8.99. The number of rotatable bonds is 4. The molecule has 0 spiro atoms. The molecule has 1 heterocycles. The maximum Gasteiger partial charge on any atom is 0.0633 e. The summed E-state index contributed by atoms with van der Waals surface area (Å²) in [7, 11) is 0. The van der Waals surface area contributed by atoms with Gasteiger partial charge in [0, 0.05) is 12.6 Å². The Labute approximate surface area is 85.3 Å². The Morgan fingerprint density at radius 2 is 2.07 bits per heavy atom. The Balaban J connectivity index is 2.41. The summed E-state index contributed by atoms with van der Waals surface area (Å²) in [6.45, 7) is 4.53. The van der Waals surface area contributed by atoms with Crippen LogP contribution in [0.5, 0.6) is 0 Å². The smallest absolute Gasteiger partial charge is 0.0633 e. The molecule has 0 bridgehead atoms. The first-order chi connectivity index (χ1) is 6.59. The first-order valence-corrected chi connectivity index (χ1v) is 5.20. The third kappa shape index (κ3) is 3.20. The molecule has 4 heteroatoms. The van der Waals surface area contributed by atoms with Crippen LogP contribution in [-0.2, 0) is 4.74 Å². The van der Waals surface area contributed by atoms with Crippen LogP contribution < -0.4 is 5.32 Å². The van der Waals surface area contributed by atoms with E-state index in [1.165, 1.54) is 0 Å². The number of hydrogen-bond donors (Lipinski definition) is 3. The van der Waals surface area contributed by atoms with E-state index in [9.17, 15) is 0 Å². The lowest BCUT2D eigenvalue weighted by atomic mass is 9.98. The third-order valence-corrected chi connectivity index (χ3v) is 2.74. The number of nitrogens with one attached hydrogen (secondary N) is 1. The highest BCUT2D eigenvalue weighted by Crippen LogP contribution is 2.16. The van der Waals surface area contributed by atoms with E-state index in [0.717, 1.165) is 19.4 Å². The van der Waals surface area contributed by atoms with Crippen molar-refractivity contribution in [2.75, 3.05) is 19.8 Å². The quantitative estimate of drug-likeness (QED) is 0.596. The topological polar surface area (TPSA) is 61.7 Å². The monoisotopic (exact) mass is 203 g/mol. The van der Waals surface area contributed by atoms with Gasteiger partial charge in [-0.2, -0.15) is 0 Å². The van der Waals surface area contributed by atoms with Crippen molar-refractivity contribution in [3.8, 4) is 0 Å². The van der Waals surface area contributed by atoms with Crippen LogP contribution in [0.2, 0.25) is 0 Å². The minimum Gasteiger partial charge on any atom is -0.394 e. The van der Waals surface area contributed by atoms with E-state index < -0.39 is 5.54 Å². The van der Waals surface area contributed by atoms with Gasteiger partial charge >= 0.3 is 0 Å². The molecule has 2 atom stereocenters. The zero-order chi connectivity index (χ0) is 10.6. The molecule has 84 valence electrons. The van der Waals surface area contributed by atoms with Crippen molar-refractivity contribution < 1.29 is 14.9 Å². The highest BCUT2D eigenvalue weighted by atomic mass is 16.5. The van der Waals surface area contributed by atoms with E-state index in [-0.39, 0.29) is 19.3 Å². The minimum absolute atomic E-state index is 0.0464. The predicted octanol–water partition coefficient (Wildman–Crippen LogP) is -0.113. The van der Waals surface area contributed by atoms with Gasteiger partial charge in [-0.1, -0.05) is 0 Å². The molecule has 4 nitrogen and oxygen atoms in total. The maximum absolute atomic E-state index is 9.13. The largest absolute Gasteiger partial charge is 0.394 e. The van der Waals surface area contributed by atoms with Crippen LogP contribution in [0.4, 0.5) is 0 Å². The molecule has 0 aromatic rings. The second-order valence-corrected chi connectivity index (χ2v) is 4.42. The second-order valence-electron chi connectivity index (χ2n) is 4.42. The lowest BCUT2D eigenvalue weighted by molar-refractivity contribution is -0.00157. The van der Waals surface area contributed by atoms with Gasteiger partial charge < -0.3 is 20.3 Å². The van der Waals surface area contributed by atoms with Crippen LogP contribution in [-0.4, -0.2) is 47.7 Å². The number of aliphatic hydroxyl groups excluding tert-OH is 2. The van der Waals surface area contributed by atoms with Crippen LogP contribution in [0.15, 0.2) is 0 Å². The van der Waals surface area contributed by atoms with Gasteiger partial charge in [0.05, 0.1) is 24.9 Å². The standard InChI is InChI=1S/C10H21NO3/c1-8-5-9(3-4-14-8)11-10(2,6-12)7-13/h8-9,11-13H,3-7H2,1-2H3. The Kier molecular flexibility index (Phi) is 4.31. The molecule has 3 N–H and O–H groups in total. The molecule has 1 aliphatic rings. The van der Waals surface area contributed by atoms with Gasteiger partial charge in [-0.3, -0.25) is 0 Å². The normalized spacial score (nSPS) is 29.1. The third-order valence-electron chi connectivity index (χ3n) is 2.74. The van der Waals surface area contributed by atoms with Gasteiger partial charge in [-0.25, -0.2) is 0 Å². The summed E-state index contributed by atoms with van der Waals surface area (Å²) in [5, 5.41) is 21.5. The van der Waals surface area contributed by atoms with Crippen LogP contribution in [0.1, 0.15) is 26.7 Å². The molecule has 0 radical (unpaired) electrons. The van der Waals surface area contributed by atoms with Crippen molar-refractivity contribution in [3.63, 3.8) is 0 Å². The van der Waals surface area contributed by atoms with Crippen LogP contribution in [0.25, 0.3) is 0 Å². The highest BCUT2D eigenvalue weighted by Gasteiger charge is 2.28. The molecule has 0 aliphatic carbocycles. The predicted molar refractivity (Wildman–Crippen MR) is 54.1 cm³/mol. The van der Waals surface area contributed by atoms with Crippen molar-refractivity contribution in [1.29, 1.82) is 0 Å². The lowest BCUT2D eigenvalue weighted by Crippen LogP contribution is -2.55. The molecule has 0 amide bonds. The minimum atomic E-state index is -0.568. The van der Waals surface area contributed by atoms with Crippen LogP contribution in [0, 0.1) is 0 Å². The molecule has 1 aliphatic heterocycles. The summed E-state index contributed by atoms with van der Waals surface area (Å²) in [4.78, 5) is 0. The Bertz CT molecular complexity index is 171.